The maximum Gasteiger partial charge on any atom is 0.194 e. The first kappa shape index (κ1) is 17.3. The van der Waals surface area contributed by atoms with Gasteiger partial charge in [0, 0.05) is 26.0 Å². The summed E-state index contributed by atoms with van der Waals surface area (Å²) in [5, 5.41) is 6.57. The van der Waals surface area contributed by atoms with Crippen LogP contribution in [0.1, 0.15) is 21.8 Å². The van der Waals surface area contributed by atoms with E-state index in [1.165, 1.54) is 5.56 Å². The van der Waals surface area contributed by atoms with E-state index in [4.69, 9.17) is 4.74 Å². The second-order valence-corrected chi connectivity index (χ2v) is 6.48. The molecule has 0 atom stereocenters. The van der Waals surface area contributed by atoms with Gasteiger partial charge in [0.1, 0.15) is 5.75 Å². The van der Waals surface area contributed by atoms with Gasteiger partial charge in [-0.25, -0.2) is 4.98 Å². The number of guanidine groups is 1. The zero-order chi connectivity index (χ0) is 16.8. The fourth-order valence-electron chi connectivity index (χ4n) is 2.42. The van der Waals surface area contributed by atoms with Crippen LogP contribution in [0.25, 0.3) is 0 Å². The molecule has 2 rings (SSSR count). The lowest BCUT2D eigenvalue weighted by atomic mass is 10.1. The largest absolute Gasteiger partial charge is 0.496 e. The molecule has 0 amide bonds. The molecule has 23 heavy (non-hydrogen) atoms. The fraction of sp³-hybridized carbons (Fsp3) is 0.412. The van der Waals surface area contributed by atoms with Gasteiger partial charge in [0.25, 0.3) is 0 Å². The van der Waals surface area contributed by atoms with Gasteiger partial charge < -0.3 is 15.0 Å². The van der Waals surface area contributed by atoms with Gasteiger partial charge in [0.15, 0.2) is 5.96 Å². The molecule has 0 saturated carbocycles. The highest BCUT2D eigenvalue weighted by atomic mass is 32.1. The van der Waals surface area contributed by atoms with Gasteiger partial charge in [-0.15, -0.1) is 11.3 Å². The average molecular weight is 332 g/mol. The summed E-state index contributed by atoms with van der Waals surface area (Å²) in [6, 6.07) is 6.19. The van der Waals surface area contributed by atoms with E-state index in [2.05, 4.69) is 37.7 Å². The minimum Gasteiger partial charge on any atom is -0.496 e. The maximum atomic E-state index is 5.29. The highest BCUT2D eigenvalue weighted by molar-refractivity contribution is 7.09. The summed E-state index contributed by atoms with van der Waals surface area (Å²) >= 11 is 1.67. The van der Waals surface area contributed by atoms with Crippen molar-refractivity contribution in [2.45, 2.75) is 26.9 Å². The first-order valence-electron chi connectivity index (χ1n) is 7.49. The van der Waals surface area contributed by atoms with Gasteiger partial charge in [-0.05, 0) is 31.0 Å². The number of rotatable bonds is 5. The Hall–Kier alpha value is -2.08. The highest BCUT2D eigenvalue weighted by Crippen LogP contribution is 2.18. The number of nitrogens with one attached hydrogen (secondary N) is 1. The molecule has 6 heteroatoms. The van der Waals surface area contributed by atoms with Crippen LogP contribution in [0.3, 0.4) is 0 Å². The minimum absolute atomic E-state index is 0.720. The zero-order valence-corrected chi connectivity index (χ0v) is 15.2. The van der Waals surface area contributed by atoms with Crippen LogP contribution >= 0.6 is 11.3 Å². The van der Waals surface area contributed by atoms with Crippen molar-refractivity contribution in [1.82, 2.24) is 15.2 Å². The van der Waals surface area contributed by atoms with E-state index >= 15 is 0 Å². The lowest BCUT2D eigenvalue weighted by Gasteiger charge is -2.21. The van der Waals surface area contributed by atoms with Gasteiger partial charge in [-0.3, -0.25) is 4.99 Å². The van der Waals surface area contributed by atoms with Gasteiger partial charge in [0.2, 0.25) is 0 Å². The van der Waals surface area contributed by atoms with Crippen LogP contribution in [0.15, 0.2) is 28.6 Å². The quantitative estimate of drug-likeness (QED) is 0.675. The standard InChI is InChI=1S/C17H24N4OS/c1-12-8-14(6-7-16(12)22-5)9-19-17(18-3)21(4)10-15-11-23-13(2)20-15/h6-8,11H,9-10H2,1-5H3,(H,18,19). The summed E-state index contributed by atoms with van der Waals surface area (Å²) in [4.78, 5) is 10.9. The molecule has 1 heterocycles. The van der Waals surface area contributed by atoms with Crippen molar-refractivity contribution in [2.24, 2.45) is 4.99 Å². The number of benzene rings is 1. The Kier molecular flexibility index (Phi) is 5.98. The SMILES string of the molecule is CN=C(NCc1ccc(OC)c(C)c1)N(C)Cc1csc(C)n1. The Balaban J connectivity index is 1.95. The number of aliphatic imine (C=N–C) groups is 1. The van der Waals surface area contributed by atoms with Crippen molar-refractivity contribution in [3.63, 3.8) is 0 Å². The summed E-state index contributed by atoms with van der Waals surface area (Å²) in [6.45, 7) is 5.53. The van der Waals surface area contributed by atoms with E-state index in [1.807, 2.05) is 27.0 Å². The molecule has 124 valence electrons. The van der Waals surface area contributed by atoms with E-state index in [0.717, 1.165) is 41.1 Å². The molecule has 0 aliphatic heterocycles. The highest BCUT2D eigenvalue weighted by Gasteiger charge is 2.09. The van der Waals surface area contributed by atoms with Crippen LogP contribution < -0.4 is 10.1 Å². The van der Waals surface area contributed by atoms with Crippen molar-refractivity contribution >= 4 is 17.3 Å². The molecule has 2 aromatic rings. The Morgan fingerprint density at radius 3 is 2.74 bits per heavy atom. The van der Waals surface area contributed by atoms with Crippen molar-refractivity contribution in [1.29, 1.82) is 0 Å². The number of ether oxygens (including phenoxy) is 1. The van der Waals surface area contributed by atoms with E-state index < -0.39 is 0 Å². The summed E-state index contributed by atoms with van der Waals surface area (Å²) in [5.41, 5.74) is 3.40. The molecule has 0 spiro atoms. The normalized spacial score (nSPS) is 11.4. The number of aryl methyl sites for hydroxylation is 2. The van der Waals surface area contributed by atoms with Crippen LogP contribution in [-0.2, 0) is 13.1 Å². The predicted octanol–water partition coefficient (Wildman–Crippen LogP) is 2.98. The Morgan fingerprint density at radius 1 is 1.39 bits per heavy atom. The van der Waals surface area contributed by atoms with E-state index in [0.29, 0.717) is 0 Å². The molecule has 0 aliphatic carbocycles. The van der Waals surface area contributed by atoms with Crippen molar-refractivity contribution < 1.29 is 4.74 Å². The maximum absolute atomic E-state index is 5.29. The summed E-state index contributed by atoms with van der Waals surface area (Å²) in [7, 11) is 5.50. The molecule has 5 nitrogen and oxygen atoms in total. The first-order chi connectivity index (χ1) is 11.0. The molecule has 1 aromatic carbocycles. The van der Waals surface area contributed by atoms with E-state index in [9.17, 15) is 0 Å². The summed E-state index contributed by atoms with van der Waals surface area (Å²) < 4.78 is 5.29. The van der Waals surface area contributed by atoms with Crippen molar-refractivity contribution in [3.8, 4) is 5.75 Å². The predicted molar refractivity (Wildman–Crippen MR) is 96.2 cm³/mol. The van der Waals surface area contributed by atoms with Gasteiger partial charge >= 0.3 is 0 Å². The van der Waals surface area contributed by atoms with E-state index in [-0.39, 0.29) is 0 Å². The molecule has 0 unspecified atom stereocenters. The average Bonchev–Trinajstić information content (AvgIpc) is 2.93. The topological polar surface area (TPSA) is 49.8 Å². The lowest BCUT2D eigenvalue weighted by Crippen LogP contribution is -2.38. The minimum atomic E-state index is 0.720. The number of methoxy groups -OCH3 is 1. The smallest absolute Gasteiger partial charge is 0.194 e. The van der Waals surface area contributed by atoms with Crippen molar-refractivity contribution in [3.05, 3.63) is 45.4 Å². The molecule has 0 aliphatic rings. The van der Waals surface area contributed by atoms with Crippen molar-refractivity contribution in [2.75, 3.05) is 21.2 Å². The van der Waals surface area contributed by atoms with Crippen LogP contribution in [0.2, 0.25) is 0 Å². The molecule has 0 bridgehead atoms. The zero-order valence-electron chi connectivity index (χ0n) is 14.4. The third kappa shape index (κ3) is 4.69. The second-order valence-electron chi connectivity index (χ2n) is 5.42. The number of thiazole rings is 1. The monoisotopic (exact) mass is 332 g/mol. The van der Waals surface area contributed by atoms with Crippen LogP contribution in [0.4, 0.5) is 0 Å². The first-order valence-corrected chi connectivity index (χ1v) is 8.37. The molecular weight excluding hydrogens is 308 g/mol. The molecule has 0 fully saturated rings. The molecule has 1 N–H and O–H groups in total. The number of nitrogens with zero attached hydrogens (tertiary/aromatic N) is 3. The number of hydrogen-bond acceptors (Lipinski definition) is 4. The third-order valence-electron chi connectivity index (χ3n) is 3.55. The van der Waals surface area contributed by atoms with Gasteiger partial charge in [0.05, 0.1) is 24.4 Å². The Morgan fingerprint density at radius 2 is 2.17 bits per heavy atom. The van der Waals surface area contributed by atoms with Gasteiger partial charge in [-0.2, -0.15) is 0 Å². The third-order valence-corrected chi connectivity index (χ3v) is 4.37. The summed E-state index contributed by atoms with van der Waals surface area (Å²) in [5.74, 6) is 1.76. The van der Waals surface area contributed by atoms with Crippen LogP contribution in [0.5, 0.6) is 5.75 Å². The molecule has 0 saturated heterocycles. The molecular formula is C17H24N4OS. The number of aromatic nitrogens is 1. The van der Waals surface area contributed by atoms with E-state index in [1.54, 1.807) is 25.5 Å². The molecule has 1 aromatic heterocycles. The van der Waals surface area contributed by atoms with Crippen LogP contribution in [0, 0.1) is 13.8 Å². The second kappa shape index (κ2) is 7.97. The number of hydrogen-bond donors (Lipinski definition) is 1. The van der Waals surface area contributed by atoms with Gasteiger partial charge in [-0.1, -0.05) is 12.1 Å². The Labute approximate surface area is 142 Å². The van der Waals surface area contributed by atoms with Crippen LogP contribution in [-0.4, -0.2) is 37.0 Å². The Bertz CT molecular complexity index is 681. The molecule has 0 radical (unpaired) electrons. The summed E-state index contributed by atoms with van der Waals surface area (Å²) in [6.07, 6.45) is 0. The fourth-order valence-corrected chi connectivity index (χ4v) is 3.02. The lowest BCUT2D eigenvalue weighted by molar-refractivity contribution is 0.411.